The molecule has 0 spiro atoms. The number of hydrogen-bond donors (Lipinski definition) is 2. The van der Waals surface area contributed by atoms with Gasteiger partial charge in [-0.05, 0) is 60.9 Å². The minimum atomic E-state index is -4.47. The smallest absolute Gasteiger partial charge is 0.317 e. The molecule has 0 aliphatic carbocycles. The van der Waals surface area contributed by atoms with Crippen molar-refractivity contribution in [1.29, 1.82) is 0 Å². The molecule has 1 heterocycles. The summed E-state index contributed by atoms with van der Waals surface area (Å²) in [4.78, 5) is 17.7. The van der Waals surface area contributed by atoms with E-state index in [0.29, 0.717) is 19.1 Å². The molecule has 2 amide bonds. The molecule has 2 aromatic carbocycles. The third-order valence-corrected chi connectivity index (χ3v) is 7.24. The number of benzene rings is 2. The molecule has 1 fully saturated rings. The highest BCUT2D eigenvalue weighted by atomic mass is 32.2. The predicted octanol–water partition coefficient (Wildman–Crippen LogP) is 7.27. The number of anilines is 1. The van der Waals surface area contributed by atoms with Crippen LogP contribution in [0.3, 0.4) is 0 Å². The quantitative estimate of drug-likeness (QED) is 0.235. The summed E-state index contributed by atoms with van der Waals surface area (Å²) in [6.07, 6.45) is -0.568. The molecular formula is C28H37F3N4OS. The molecule has 3 rings (SSSR count). The molecule has 1 aliphatic rings. The number of nitrogens with zero attached hydrogens (tertiary/aromatic N) is 2. The summed E-state index contributed by atoms with van der Waals surface area (Å²) >= 11 is 1.41. The van der Waals surface area contributed by atoms with Crippen LogP contribution < -0.4 is 10.0 Å². The van der Waals surface area contributed by atoms with Gasteiger partial charge in [0.1, 0.15) is 0 Å². The standard InChI is InChI=1S/C28H37F3N4OS/c1-4-8-21(3)34-15-13-26(14-16-34)35(20-23-10-6-9-22(17-23)19-32-37-5-2)27(36)33-25-12-7-11-24(18-25)28(29,30)31/h5-7,9-12,17-18,21,26,32H,2,4,8,13-16,19-20H2,1,3H3,(H,33,36). The summed E-state index contributed by atoms with van der Waals surface area (Å²) in [6, 6.07) is 12.9. The Labute approximate surface area is 222 Å². The number of rotatable bonds is 11. The molecule has 1 unspecified atom stereocenters. The fourth-order valence-electron chi connectivity index (χ4n) is 4.79. The zero-order chi connectivity index (χ0) is 26.8. The number of urea groups is 1. The Balaban J connectivity index is 1.78. The Morgan fingerprint density at radius 1 is 1.19 bits per heavy atom. The second kappa shape index (κ2) is 13.9. The zero-order valence-corrected chi connectivity index (χ0v) is 22.4. The molecule has 0 aromatic heterocycles. The van der Waals surface area contributed by atoms with E-state index in [-0.39, 0.29) is 17.8 Å². The first-order chi connectivity index (χ1) is 17.7. The van der Waals surface area contributed by atoms with Crippen molar-refractivity contribution in [3.63, 3.8) is 0 Å². The van der Waals surface area contributed by atoms with E-state index in [9.17, 15) is 18.0 Å². The first-order valence-corrected chi connectivity index (χ1v) is 13.7. The van der Waals surface area contributed by atoms with E-state index in [1.54, 1.807) is 10.3 Å². The van der Waals surface area contributed by atoms with Crippen LogP contribution in [0.2, 0.25) is 0 Å². The summed E-state index contributed by atoms with van der Waals surface area (Å²) in [5.41, 5.74) is 1.41. The summed E-state index contributed by atoms with van der Waals surface area (Å²) < 4.78 is 42.8. The SMILES string of the molecule is C=CSNCc1cccc(CN(C(=O)Nc2cccc(C(F)(F)F)c2)C2CCN(C(C)CCC)CC2)c1. The van der Waals surface area contributed by atoms with Crippen molar-refractivity contribution in [3.05, 3.63) is 77.2 Å². The number of carbonyl (C=O) groups excluding carboxylic acids is 1. The van der Waals surface area contributed by atoms with Crippen LogP contribution in [0.15, 0.2) is 60.5 Å². The van der Waals surface area contributed by atoms with Gasteiger partial charge in [-0.15, -0.1) is 0 Å². The van der Waals surface area contributed by atoms with Crippen molar-refractivity contribution < 1.29 is 18.0 Å². The van der Waals surface area contributed by atoms with Crippen LogP contribution in [0, 0.1) is 0 Å². The lowest BCUT2D eigenvalue weighted by Gasteiger charge is -2.40. The zero-order valence-electron chi connectivity index (χ0n) is 21.6. The molecular weight excluding hydrogens is 497 g/mol. The van der Waals surface area contributed by atoms with E-state index in [0.717, 1.165) is 62.0 Å². The minimum Gasteiger partial charge on any atom is -0.317 e. The first kappa shape index (κ1) is 29.1. The van der Waals surface area contributed by atoms with Gasteiger partial charge >= 0.3 is 12.2 Å². The molecule has 1 saturated heterocycles. The van der Waals surface area contributed by atoms with Crippen LogP contribution in [-0.2, 0) is 19.3 Å². The van der Waals surface area contributed by atoms with E-state index in [2.05, 4.69) is 41.4 Å². The van der Waals surface area contributed by atoms with Crippen molar-refractivity contribution in [1.82, 2.24) is 14.5 Å². The van der Waals surface area contributed by atoms with Gasteiger partial charge in [0.15, 0.2) is 0 Å². The highest BCUT2D eigenvalue weighted by Gasteiger charge is 2.32. The molecule has 202 valence electrons. The molecule has 0 bridgehead atoms. The van der Waals surface area contributed by atoms with Gasteiger partial charge < -0.3 is 15.1 Å². The van der Waals surface area contributed by atoms with Crippen molar-refractivity contribution in [2.75, 3.05) is 18.4 Å². The lowest BCUT2D eigenvalue weighted by atomic mass is 9.99. The summed E-state index contributed by atoms with van der Waals surface area (Å²) in [5.74, 6) is 0. The number of nitrogens with one attached hydrogen (secondary N) is 2. The van der Waals surface area contributed by atoms with Gasteiger partial charge in [0.05, 0.1) is 5.56 Å². The monoisotopic (exact) mass is 534 g/mol. The van der Waals surface area contributed by atoms with Gasteiger partial charge in [0.25, 0.3) is 0 Å². The van der Waals surface area contributed by atoms with Gasteiger partial charge in [-0.25, -0.2) is 4.79 Å². The molecule has 9 heteroatoms. The van der Waals surface area contributed by atoms with Crippen LogP contribution >= 0.6 is 11.9 Å². The van der Waals surface area contributed by atoms with Crippen molar-refractivity contribution in [3.8, 4) is 0 Å². The largest absolute Gasteiger partial charge is 0.416 e. The van der Waals surface area contributed by atoms with Crippen molar-refractivity contribution in [2.45, 2.75) is 70.9 Å². The number of hydrogen-bond acceptors (Lipinski definition) is 4. The van der Waals surface area contributed by atoms with Gasteiger partial charge in [-0.2, -0.15) is 13.2 Å². The number of likely N-dealkylation sites (tertiary alicyclic amines) is 1. The van der Waals surface area contributed by atoms with Crippen LogP contribution in [0.25, 0.3) is 0 Å². The van der Waals surface area contributed by atoms with E-state index in [1.165, 1.54) is 24.1 Å². The second-order valence-corrected chi connectivity index (χ2v) is 10.3. The molecule has 0 radical (unpaired) electrons. The fourth-order valence-corrected chi connectivity index (χ4v) is 5.16. The van der Waals surface area contributed by atoms with Crippen LogP contribution in [-0.4, -0.2) is 41.0 Å². The molecule has 1 atom stereocenters. The topological polar surface area (TPSA) is 47.6 Å². The summed E-state index contributed by atoms with van der Waals surface area (Å²) in [7, 11) is 0. The van der Waals surface area contributed by atoms with Crippen LogP contribution in [0.4, 0.5) is 23.7 Å². The Hall–Kier alpha value is -2.49. The molecule has 0 saturated carbocycles. The van der Waals surface area contributed by atoms with Gasteiger partial charge in [0.2, 0.25) is 0 Å². The van der Waals surface area contributed by atoms with E-state index in [1.807, 2.05) is 18.2 Å². The average molecular weight is 535 g/mol. The van der Waals surface area contributed by atoms with Crippen LogP contribution in [0.1, 0.15) is 56.2 Å². The summed E-state index contributed by atoms with van der Waals surface area (Å²) in [6.45, 7) is 10.9. The van der Waals surface area contributed by atoms with E-state index < -0.39 is 11.7 Å². The lowest BCUT2D eigenvalue weighted by Crippen LogP contribution is -2.50. The average Bonchev–Trinajstić information content (AvgIpc) is 2.87. The fraction of sp³-hybridized carbons (Fsp3) is 0.464. The maximum absolute atomic E-state index is 13.5. The van der Waals surface area contributed by atoms with Crippen LogP contribution in [0.5, 0.6) is 0 Å². The number of amides is 2. The second-order valence-electron chi connectivity index (χ2n) is 9.47. The third-order valence-electron chi connectivity index (χ3n) is 6.76. The molecule has 2 aromatic rings. The summed E-state index contributed by atoms with van der Waals surface area (Å²) in [5, 5.41) is 4.45. The predicted molar refractivity (Wildman–Crippen MR) is 146 cm³/mol. The maximum Gasteiger partial charge on any atom is 0.416 e. The van der Waals surface area contributed by atoms with Crippen molar-refractivity contribution in [2.24, 2.45) is 0 Å². The normalized spacial score (nSPS) is 15.8. The Morgan fingerprint density at radius 2 is 1.89 bits per heavy atom. The Kier molecular flexibility index (Phi) is 10.9. The highest BCUT2D eigenvalue weighted by molar-refractivity contribution is 8.00. The maximum atomic E-state index is 13.5. The van der Waals surface area contributed by atoms with Gasteiger partial charge in [0, 0.05) is 44.0 Å². The number of alkyl halides is 3. The van der Waals surface area contributed by atoms with Gasteiger partial charge in [-0.1, -0.05) is 62.2 Å². The first-order valence-electron chi connectivity index (χ1n) is 12.8. The van der Waals surface area contributed by atoms with Gasteiger partial charge in [-0.3, -0.25) is 4.72 Å². The highest BCUT2D eigenvalue weighted by Crippen LogP contribution is 2.31. The molecule has 5 nitrogen and oxygen atoms in total. The molecule has 2 N–H and O–H groups in total. The molecule has 37 heavy (non-hydrogen) atoms. The Bertz CT molecular complexity index is 1020. The third kappa shape index (κ3) is 8.79. The number of carbonyl (C=O) groups is 1. The van der Waals surface area contributed by atoms with E-state index in [4.69, 9.17) is 0 Å². The van der Waals surface area contributed by atoms with Crippen molar-refractivity contribution >= 4 is 23.7 Å². The minimum absolute atomic E-state index is 0.00558. The number of halogens is 3. The van der Waals surface area contributed by atoms with E-state index >= 15 is 0 Å². The lowest BCUT2D eigenvalue weighted by molar-refractivity contribution is -0.137. The number of piperidine rings is 1. The molecule has 1 aliphatic heterocycles. The Morgan fingerprint density at radius 3 is 2.57 bits per heavy atom.